The van der Waals surface area contributed by atoms with Gasteiger partial charge in [-0.1, -0.05) is 12.1 Å². The van der Waals surface area contributed by atoms with Crippen LogP contribution in [0.2, 0.25) is 0 Å². The number of methoxy groups -OCH3 is 1. The second-order valence-corrected chi connectivity index (χ2v) is 5.02. The van der Waals surface area contributed by atoms with Crippen LogP contribution in [0.15, 0.2) is 36.7 Å². The van der Waals surface area contributed by atoms with Crippen molar-refractivity contribution in [3.8, 4) is 17.0 Å². The average molecular weight is 311 g/mol. The molecule has 0 saturated carbocycles. The Labute approximate surface area is 133 Å². The molecule has 0 spiro atoms. The van der Waals surface area contributed by atoms with Crippen LogP contribution in [0, 0.1) is 6.92 Å². The Balaban J connectivity index is 2.15. The molecule has 0 amide bonds. The van der Waals surface area contributed by atoms with Gasteiger partial charge in [0.1, 0.15) is 12.1 Å². The fourth-order valence-electron chi connectivity index (χ4n) is 2.39. The molecule has 0 aliphatic carbocycles. The molecule has 0 bridgehead atoms. The molecule has 1 aromatic carbocycles. The fraction of sp³-hybridized carbons (Fsp3) is 0.235. The number of benzene rings is 1. The van der Waals surface area contributed by atoms with Crippen molar-refractivity contribution in [2.45, 2.75) is 13.8 Å². The molecule has 0 atom stereocenters. The molecular weight excluding hydrogens is 294 g/mol. The molecule has 0 unspecified atom stereocenters. The lowest BCUT2D eigenvalue weighted by molar-refractivity contribution is 0.0522. The van der Waals surface area contributed by atoms with Crippen LogP contribution in [-0.2, 0) is 4.74 Å². The van der Waals surface area contributed by atoms with Crippen molar-refractivity contribution in [1.82, 2.24) is 14.4 Å². The number of ether oxygens (including phenoxy) is 2. The zero-order chi connectivity index (χ0) is 16.4. The van der Waals surface area contributed by atoms with Gasteiger partial charge in [0.2, 0.25) is 0 Å². The minimum absolute atomic E-state index is 0.222. The molecule has 0 aliphatic heterocycles. The summed E-state index contributed by atoms with van der Waals surface area (Å²) in [5.74, 6) is 0.283. The number of rotatable bonds is 4. The highest BCUT2D eigenvalue weighted by Gasteiger charge is 2.18. The van der Waals surface area contributed by atoms with Crippen molar-refractivity contribution in [3.63, 3.8) is 0 Å². The smallest absolute Gasteiger partial charge is 0.360 e. The summed E-state index contributed by atoms with van der Waals surface area (Å²) in [6.07, 6.45) is 1.58. The van der Waals surface area contributed by atoms with Crippen LogP contribution >= 0.6 is 0 Å². The first-order valence-electron chi connectivity index (χ1n) is 7.30. The Morgan fingerprint density at radius 3 is 2.87 bits per heavy atom. The van der Waals surface area contributed by atoms with Crippen molar-refractivity contribution in [3.05, 3.63) is 48.0 Å². The number of aryl methyl sites for hydroxylation is 1. The average Bonchev–Trinajstić information content (AvgIpc) is 2.99. The maximum atomic E-state index is 12.0. The van der Waals surface area contributed by atoms with Crippen molar-refractivity contribution in [2.75, 3.05) is 13.7 Å². The Kier molecular flexibility index (Phi) is 3.97. The lowest BCUT2D eigenvalue weighted by atomic mass is 10.1. The van der Waals surface area contributed by atoms with Crippen molar-refractivity contribution in [1.29, 1.82) is 0 Å². The highest BCUT2D eigenvalue weighted by Crippen LogP contribution is 2.24. The molecule has 2 heterocycles. The Morgan fingerprint density at radius 2 is 2.13 bits per heavy atom. The highest BCUT2D eigenvalue weighted by molar-refractivity contribution is 5.94. The van der Waals surface area contributed by atoms with Gasteiger partial charge in [-0.3, -0.25) is 4.40 Å². The second kappa shape index (κ2) is 6.08. The first-order valence-corrected chi connectivity index (χ1v) is 7.30. The van der Waals surface area contributed by atoms with Gasteiger partial charge in [-0.25, -0.2) is 14.8 Å². The van der Waals surface area contributed by atoms with Gasteiger partial charge in [0.25, 0.3) is 0 Å². The molecule has 23 heavy (non-hydrogen) atoms. The topological polar surface area (TPSA) is 65.7 Å². The summed E-state index contributed by atoms with van der Waals surface area (Å²) in [5, 5.41) is 0. The van der Waals surface area contributed by atoms with E-state index in [1.165, 1.54) is 0 Å². The molecule has 0 saturated heterocycles. The summed E-state index contributed by atoms with van der Waals surface area (Å²) in [6.45, 7) is 4.00. The molecule has 2 aromatic heterocycles. The van der Waals surface area contributed by atoms with E-state index < -0.39 is 5.97 Å². The van der Waals surface area contributed by atoms with Crippen LogP contribution in [0.1, 0.15) is 23.1 Å². The number of aromatic nitrogens is 3. The number of hydrogen-bond acceptors (Lipinski definition) is 5. The molecule has 3 rings (SSSR count). The molecule has 0 radical (unpaired) electrons. The molecule has 3 aromatic rings. The summed E-state index contributed by atoms with van der Waals surface area (Å²) in [4.78, 5) is 20.8. The SMILES string of the molecule is CCOC(=O)c1ncn2c(C)cc(-c3cccc(OC)c3)nc12. The summed E-state index contributed by atoms with van der Waals surface area (Å²) in [5.41, 5.74) is 3.29. The number of nitrogens with zero attached hydrogens (tertiary/aromatic N) is 3. The van der Waals surface area contributed by atoms with E-state index in [0.29, 0.717) is 12.3 Å². The third kappa shape index (κ3) is 2.75. The van der Waals surface area contributed by atoms with E-state index in [9.17, 15) is 4.79 Å². The van der Waals surface area contributed by atoms with Crippen molar-refractivity contribution in [2.24, 2.45) is 0 Å². The lowest BCUT2D eigenvalue weighted by Crippen LogP contribution is -2.07. The molecule has 6 heteroatoms. The minimum Gasteiger partial charge on any atom is -0.497 e. The van der Waals surface area contributed by atoms with Gasteiger partial charge in [0.15, 0.2) is 11.3 Å². The van der Waals surface area contributed by atoms with Gasteiger partial charge in [0, 0.05) is 11.3 Å². The zero-order valence-electron chi connectivity index (χ0n) is 13.2. The van der Waals surface area contributed by atoms with Gasteiger partial charge in [-0.2, -0.15) is 0 Å². The van der Waals surface area contributed by atoms with Crippen molar-refractivity contribution >= 4 is 11.6 Å². The highest BCUT2D eigenvalue weighted by atomic mass is 16.5. The van der Waals surface area contributed by atoms with E-state index in [-0.39, 0.29) is 5.69 Å². The molecule has 0 fully saturated rings. The van der Waals surface area contributed by atoms with Crippen LogP contribution in [0.5, 0.6) is 5.75 Å². The van der Waals surface area contributed by atoms with E-state index in [0.717, 1.165) is 22.7 Å². The first kappa shape index (κ1) is 15.0. The molecular formula is C17H17N3O3. The maximum absolute atomic E-state index is 12.0. The Morgan fingerprint density at radius 1 is 1.30 bits per heavy atom. The normalized spacial score (nSPS) is 10.7. The predicted molar refractivity (Wildman–Crippen MR) is 85.7 cm³/mol. The van der Waals surface area contributed by atoms with Gasteiger partial charge >= 0.3 is 5.97 Å². The summed E-state index contributed by atoms with van der Waals surface area (Å²) < 4.78 is 12.1. The second-order valence-electron chi connectivity index (χ2n) is 5.02. The summed E-state index contributed by atoms with van der Waals surface area (Å²) in [7, 11) is 1.62. The van der Waals surface area contributed by atoms with Crippen molar-refractivity contribution < 1.29 is 14.3 Å². The van der Waals surface area contributed by atoms with E-state index in [4.69, 9.17) is 9.47 Å². The minimum atomic E-state index is -0.468. The van der Waals surface area contributed by atoms with E-state index in [1.807, 2.05) is 37.3 Å². The molecule has 0 aliphatic rings. The quantitative estimate of drug-likeness (QED) is 0.693. The third-order valence-corrected chi connectivity index (χ3v) is 3.53. The number of imidazole rings is 1. The number of carbonyl (C=O) groups is 1. The maximum Gasteiger partial charge on any atom is 0.360 e. The number of esters is 1. The van der Waals surface area contributed by atoms with Gasteiger partial charge in [-0.15, -0.1) is 0 Å². The van der Waals surface area contributed by atoms with E-state index >= 15 is 0 Å². The van der Waals surface area contributed by atoms with Crippen LogP contribution < -0.4 is 4.74 Å². The van der Waals surface area contributed by atoms with Gasteiger partial charge in [0.05, 0.1) is 19.4 Å². The van der Waals surface area contributed by atoms with E-state index in [1.54, 1.807) is 24.8 Å². The molecule has 0 N–H and O–H groups in total. The molecule has 6 nitrogen and oxygen atoms in total. The summed E-state index contributed by atoms with van der Waals surface area (Å²) in [6, 6.07) is 9.56. The van der Waals surface area contributed by atoms with Gasteiger partial charge < -0.3 is 9.47 Å². The Hall–Kier alpha value is -2.89. The lowest BCUT2D eigenvalue weighted by Gasteiger charge is -2.07. The third-order valence-electron chi connectivity index (χ3n) is 3.53. The first-order chi connectivity index (χ1) is 11.1. The van der Waals surface area contributed by atoms with Gasteiger partial charge in [-0.05, 0) is 32.0 Å². The molecule has 118 valence electrons. The predicted octanol–water partition coefficient (Wildman–Crippen LogP) is 2.89. The standard InChI is InChI=1S/C17H17N3O3/c1-4-23-17(21)15-16-19-14(8-11(2)20(16)10-18-15)12-6-5-7-13(9-12)22-3/h5-10H,4H2,1-3H3. The largest absolute Gasteiger partial charge is 0.497 e. The van der Waals surface area contributed by atoms with Crippen LogP contribution in [0.3, 0.4) is 0 Å². The Bertz CT molecular complexity index is 871. The number of hydrogen-bond donors (Lipinski definition) is 0. The van der Waals surface area contributed by atoms with Crippen LogP contribution in [-0.4, -0.2) is 34.1 Å². The monoisotopic (exact) mass is 311 g/mol. The van der Waals surface area contributed by atoms with E-state index in [2.05, 4.69) is 9.97 Å². The van der Waals surface area contributed by atoms with Crippen LogP contribution in [0.25, 0.3) is 16.9 Å². The fourth-order valence-corrected chi connectivity index (χ4v) is 2.39. The number of fused-ring (bicyclic) bond motifs is 1. The number of carbonyl (C=O) groups excluding carboxylic acids is 1. The zero-order valence-corrected chi connectivity index (χ0v) is 13.2. The summed E-state index contributed by atoms with van der Waals surface area (Å²) >= 11 is 0. The van der Waals surface area contributed by atoms with Crippen LogP contribution in [0.4, 0.5) is 0 Å².